The summed E-state index contributed by atoms with van der Waals surface area (Å²) in [5.41, 5.74) is 6.56. The van der Waals surface area contributed by atoms with Crippen molar-refractivity contribution in [2.75, 3.05) is 25.1 Å². The molecule has 1 fully saturated rings. The number of benzene rings is 1. The molecule has 0 radical (unpaired) electrons. The number of piperidine rings is 1. The Morgan fingerprint density at radius 2 is 2.35 bits per heavy atom. The number of nitrogens with zero attached hydrogens (tertiary/aromatic N) is 2. The molecule has 110 valence electrons. The largest absolute Gasteiger partial charge is 0.381 e. The number of ether oxygens (including phenoxy) is 1. The highest BCUT2D eigenvalue weighted by atomic mass is 79.9. The van der Waals surface area contributed by atoms with Crippen LogP contribution >= 0.6 is 15.9 Å². The first-order valence-electron chi connectivity index (χ1n) is 6.50. The summed E-state index contributed by atoms with van der Waals surface area (Å²) in [7, 11) is 1.69. The van der Waals surface area contributed by atoms with E-state index in [0.717, 1.165) is 12.8 Å². The molecule has 1 heterocycles. The van der Waals surface area contributed by atoms with Crippen LogP contribution in [0.4, 0.5) is 11.4 Å². The molecular formula is C13H18BrN3O3. The van der Waals surface area contributed by atoms with Gasteiger partial charge in [-0.25, -0.2) is 0 Å². The smallest absolute Gasteiger partial charge is 0.293 e. The van der Waals surface area contributed by atoms with Crippen molar-refractivity contribution < 1.29 is 9.66 Å². The number of hydrogen-bond acceptors (Lipinski definition) is 5. The number of nitro benzene ring substituents is 1. The predicted molar refractivity (Wildman–Crippen MR) is 81.0 cm³/mol. The van der Waals surface area contributed by atoms with Gasteiger partial charge in [0.1, 0.15) is 5.69 Å². The van der Waals surface area contributed by atoms with E-state index in [1.54, 1.807) is 13.2 Å². The van der Waals surface area contributed by atoms with Gasteiger partial charge in [0.2, 0.25) is 0 Å². The maximum Gasteiger partial charge on any atom is 0.293 e. The van der Waals surface area contributed by atoms with Gasteiger partial charge in [-0.1, -0.05) is 15.9 Å². The molecule has 2 unspecified atom stereocenters. The first-order valence-corrected chi connectivity index (χ1v) is 7.29. The van der Waals surface area contributed by atoms with Crippen LogP contribution in [0.2, 0.25) is 0 Å². The minimum atomic E-state index is -0.351. The zero-order valence-electron chi connectivity index (χ0n) is 11.3. The predicted octanol–water partition coefficient (Wildman–Crippen LogP) is 2.30. The van der Waals surface area contributed by atoms with E-state index in [0.29, 0.717) is 23.2 Å². The molecule has 1 aromatic carbocycles. The van der Waals surface area contributed by atoms with E-state index in [2.05, 4.69) is 15.9 Å². The van der Waals surface area contributed by atoms with Crippen LogP contribution in [-0.2, 0) is 4.74 Å². The standard InChI is InChI=1S/C13H18BrN3O3/c1-20-11-4-5-16(10(7-11)8-15)12-3-2-9(14)6-13(12)17(18)19/h2-3,6,10-11H,4-5,7-8,15H2,1H3. The number of methoxy groups -OCH3 is 1. The van der Waals surface area contributed by atoms with E-state index in [4.69, 9.17) is 10.5 Å². The third kappa shape index (κ3) is 3.11. The van der Waals surface area contributed by atoms with Crippen molar-refractivity contribution in [2.45, 2.75) is 25.0 Å². The number of hydrogen-bond donors (Lipinski definition) is 1. The maximum absolute atomic E-state index is 11.2. The van der Waals surface area contributed by atoms with Crippen LogP contribution in [0, 0.1) is 10.1 Å². The second-order valence-corrected chi connectivity index (χ2v) is 5.77. The van der Waals surface area contributed by atoms with Gasteiger partial charge in [-0.2, -0.15) is 0 Å². The molecule has 2 atom stereocenters. The topological polar surface area (TPSA) is 81.6 Å². The van der Waals surface area contributed by atoms with E-state index in [1.165, 1.54) is 6.07 Å². The van der Waals surface area contributed by atoms with E-state index >= 15 is 0 Å². The van der Waals surface area contributed by atoms with Gasteiger partial charge in [0.05, 0.1) is 11.0 Å². The zero-order valence-corrected chi connectivity index (χ0v) is 12.9. The van der Waals surface area contributed by atoms with E-state index in [9.17, 15) is 10.1 Å². The third-order valence-electron chi connectivity index (χ3n) is 3.72. The lowest BCUT2D eigenvalue weighted by molar-refractivity contribution is -0.384. The van der Waals surface area contributed by atoms with Gasteiger partial charge in [0.15, 0.2) is 0 Å². The fraction of sp³-hybridized carbons (Fsp3) is 0.538. The summed E-state index contributed by atoms with van der Waals surface area (Å²) < 4.78 is 6.08. The molecule has 0 spiro atoms. The Kier molecular flexibility index (Phi) is 4.95. The molecule has 20 heavy (non-hydrogen) atoms. The summed E-state index contributed by atoms with van der Waals surface area (Å²) in [5.74, 6) is 0. The van der Waals surface area contributed by atoms with Crippen LogP contribution in [0.25, 0.3) is 0 Å². The number of anilines is 1. The first-order chi connectivity index (χ1) is 9.56. The van der Waals surface area contributed by atoms with Crippen LogP contribution in [0.5, 0.6) is 0 Å². The van der Waals surface area contributed by atoms with Gasteiger partial charge in [0.25, 0.3) is 5.69 Å². The van der Waals surface area contributed by atoms with Gasteiger partial charge < -0.3 is 15.4 Å². The number of nitrogens with two attached hydrogens (primary N) is 1. The van der Waals surface area contributed by atoms with Crippen LogP contribution in [-0.4, -0.2) is 37.3 Å². The summed E-state index contributed by atoms with van der Waals surface area (Å²) in [6.07, 6.45) is 1.81. The maximum atomic E-state index is 11.2. The summed E-state index contributed by atoms with van der Waals surface area (Å²) in [6, 6.07) is 5.19. The minimum Gasteiger partial charge on any atom is -0.381 e. The average molecular weight is 344 g/mol. The second-order valence-electron chi connectivity index (χ2n) is 4.86. The molecule has 0 bridgehead atoms. The van der Waals surface area contributed by atoms with Crippen LogP contribution in [0.3, 0.4) is 0 Å². The average Bonchev–Trinajstić information content (AvgIpc) is 2.46. The molecule has 1 aliphatic rings. The highest BCUT2D eigenvalue weighted by molar-refractivity contribution is 9.10. The molecule has 1 aliphatic heterocycles. The summed E-state index contributed by atoms with van der Waals surface area (Å²) >= 11 is 3.27. The lowest BCUT2D eigenvalue weighted by Crippen LogP contribution is -2.48. The Bertz CT molecular complexity index is 498. The quantitative estimate of drug-likeness (QED) is 0.670. The Labute approximate surface area is 126 Å². The molecule has 0 amide bonds. The zero-order chi connectivity index (χ0) is 14.7. The highest BCUT2D eigenvalue weighted by Crippen LogP contribution is 2.35. The molecule has 1 aromatic rings. The van der Waals surface area contributed by atoms with Gasteiger partial charge in [-0.05, 0) is 25.0 Å². The summed E-state index contributed by atoms with van der Waals surface area (Å²) in [5, 5.41) is 11.2. The lowest BCUT2D eigenvalue weighted by Gasteiger charge is -2.39. The SMILES string of the molecule is COC1CCN(c2ccc(Br)cc2[N+](=O)[O-])C(CN)C1. The molecule has 2 rings (SSSR count). The third-order valence-corrected chi connectivity index (χ3v) is 4.21. The van der Waals surface area contributed by atoms with Gasteiger partial charge in [-0.3, -0.25) is 10.1 Å². The Morgan fingerprint density at radius 3 is 2.95 bits per heavy atom. The molecule has 7 heteroatoms. The Hall–Kier alpha value is -1.18. The van der Waals surface area contributed by atoms with Crippen molar-refractivity contribution in [3.05, 3.63) is 32.8 Å². The number of nitro groups is 1. The van der Waals surface area contributed by atoms with Crippen LogP contribution in [0.1, 0.15) is 12.8 Å². The van der Waals surface area contributed by atoms with Crippen molar-refractivity contribution in [1.82, 2.24) is 0 Å². The Morgan fingerprint density at radius 1 is 1.60 bits per heavy atom. The van der Waals surface area contributed by atoms with Crippen molar-refractivity contribution in [1.29, 1.82) is 0 Å². The monoisotopic (exact) mass is 343 g/mol. The summed E-state index contributed by atoms with van der Waals surface area (Å²) in [6.45, 7) is 1.16. The molecule has 0 aromatic heterocycles. The van der Waals surface area contributed by atoms with E-state index < -0.39 is 0 Å². The van der Waals surface area contributed by atoms with Crippen molar-refractivity contribution >= 4 is 27.3 Å². The minimum absolute atomic E-state index is 0.0635. The molecule has 0 aliphatic carbocycles. The van der Waals surface area contributed by atoms with Crippen molar-refractivity contribution in [3.63, 3.8) is 0 Å². The normalized spacial score (nSPS) is 22.9. The number of halogens is 1. The van der Waals surface area contributed by atoms with Gasteiger partial charge in [0, 0.05) is 36.8 Å². The van der Waals surface area contributed by atoms with Crippen LogP contribution in [0.15, 0.2) is 22.7 Å². The van der Waals surface area contributed by atoms with E-state index in [-0.39, 0.29) is 22.8 Å². The molecule has 1 saturated heterocycles. The molecule has 6 nitrogen and oxygen atoms in total. The highest BCUT2D eigenvalue weighted by Gasteiger charge is 2.31. The number of rotatable bonds is 4. The molecular weight excluding hydrogens is 326 g/mol. The van der Waals surface area contributed by atoms with Gasteiger partial charge in [-0.15, -0.1) is 0 Å². The Balaban J connectivity index is 2.33. The molecule has 0 saturated carbocycles. The van der Waals surface area contributed by atoms with Crippen molar-refractivity contribution in [2.24, 2.45) is 5.73 Å². The summed E-state index contributed by atoms with van der Waals surface area (Å²) in [4.78, 5) is 12.9. The fourth-order valence-corrected chi connectivity index (χ4v) is 3.00. The van der Waals surface area contributed by atoms with E-state index in [1.807, 2.05) is 11.0 Å². The fourth-order valence-electron chi connectivity index (χ4n) is 2.65. The van der Waals surface area contributed by atoms with Crippen molar-refractivity contribution in [3.8, 4) is 0 Å². The first kappa shape index (κ1) is 15.2. The second kappa shape index (κ2) is 6.51. The lowest BCUT2D eigenvalue weighted by atomic mass is 9.98. The van der Waals surface area contributed by atoms with Crippen LogP contribution < -0.4 is 10.6 Å². The molecule has 2 N–H and O–H groups in total. The van der Waals surface area contributed by atoms with Gasteiger partial charge >= 0.3 is 0 Å².